The van der Waals surface area contributed by atoms with E-state index in [2.05, 4.69) is 4.98 Å². The van der Waals surface area contributed by atoms with E-state index in [9.17, 15) is 14.9 Å². The van der Waals surface area contributed by atoms with Gasteiger partial charge in [-0.3, -0.25) is 19.5 Å². The van der Waals surface area contributed by atoms with Gasteiger partial charge in [0, 0.05) is 28.1 Å². The fraction of sp³-hybridized carbons (Fsp3) is 0.0526. The number of rotatable bonds is 4. The molecule has 2 aromatic heterocycles. The largest absolute Gasteiger partial charge is 0.294 e. The minimum atomic E-state index is -0.451. The van der Waals surface area contributed by atoms with Gasteiger partial charge in [0.2, 0.25) is 0 Å². The van der Waals surface area contributed by atoms with Crippen LogP contribution in [0.15, 0.2) is 65.0 Å². The lowest BCUT2D eigenvalue weighted by molar-refractivity contribution is -0.384. The number of halogens is 1. The molecule has 0 bridgehead atoms. The van der Waals surface area contributed by atoms with E-state index in [1.54, 1.807) is 24.3 Å². The van der Waals surface area contributed by atoms with E-state index in [1.165, 1.54) is 34.4 Å². The quantitative estimate of drug-likeness (QED) is 0.368. The second kappa shape index (κ2) is 6.94. The van der Waals surface area contributed by atoms with Gasteiger partial charge >= 0.3 is 0 Å². The van der Waals surface area contributed by atoms with Crippen LogP contribution in [0.25, 0.3) is 21.3 Å². The first-order valence-corrected chi connectivity index (χ1v) is 9.24. The van der Waals surface area contributed by atoms with Crippen molar-refractivity contribution in [3.8, 4) is 11.1 Å². The van der Waals surface area contributed by atoms with Crippen molar-refractivity contribution in [1.29, 1.82) is 0 Å². The lowest BCUT2D eigenvalue weighted by Gasteiger charge is -2.07. The lowest BCUT2D eigenvalue weighted by Crippen LogP contribution is -2.20. The van der Waals surface area contributed by atoms with E-state index in [1.807, 2.05) is 17.5 Å². The van der Waals surface area contributed by atoms with Gasteiger partial charge in [0.05, 0.1) is 23.2 Å². The summed E-state index contributed by atoms with van der Waals surface area (Å²) in [5.74, 6) is 0. The number of aromatic nitrogens is 2. The zero-order valence-electron chi connectivity index (χ0n) is 13.8. The molecular formula is C19H12ClN3O3S. The molecule has 0 atom stereocenters. The summed E-state index contributed by atoms with van der Waals surface area (Å²) in [7, 11) is 0. The summed E-state index contributed by atoms with van der Waals surface area (Å²) in [6.45, 7) is 0.340. The number of hydrogen-bond acceptors (Lipinski definition) is 5. The second-order valence-electron chi connectivity index (χ2n) is 5.94. The Balaban J connectivity index is 1.83. The van der Waals surface area contributed by atoms with Crippen LogP contribution in [0.5, 0.6) is 0 Å². The zero-order chi connectivity index (χ0) is 19.0. The monoisotopic (exact) mass is 397 g/mol. The molecule has 0 aliphatic carbocycles. The van der Waals surface area contributed by atoms with Crippen LogP contribution in [0.1, 0.15) is 5.56 Å². The molecule has 0 aliphatic rings. The second-order valence-corrected chi connectivity index (χ2v) is 7.24. The van der Waals surface area contributed by atoms with Crippen molar-refractivity contribution < 1.29 is 4.92 Å². The van der Waals surface area contributed by atoms with Crippen LogP contribution in [-0.4, -0.2) is 14.5 Å². The van der Waals surface area contributed by atoms with Crippen molar-refractivity contribution in [2.45, 2.75) is 6.54 Å². The van der Waals surface area contributed by atoms with Crippen molar-refractivity contribution in [3.63, 3.8) is 0 Å². The number of non-ortho nitro benzene ring substituents is 1. The highest BCUT2D eigenvalue weighted by molar-refractivity contribution is 7.17. The standard InChI is InChI=1S/C19H12ClN3O3S/c20-14-5-1-3-12(7-14)9-22-11-21-18-17(19(22)24)16(10-27-18)13-4-2-6-15(8-13)23(25)26/h1-8,10-11H,9H2. The molecule has 0 amide bonds. The molecule has 27 heavy (non-hydrogen) atoms. The fourth-order valence-electron chi connectivity index (χ4n) is 2.91. The van der Waals surface area contributed by atoms with Gasteiger partial charge in [-0.25, -0.2) is 4.98 Å². The summed E-state index contributed by atoms with van der Waals surface area (Å²) in [5.41, 5.74) is 1.95. The van der Waals surface area contributed by atoms with Crippen molar-refractivity contribution in [1.82, 2.24) is 9.55 Å². The molecule has 6 nitrogen and oxygen atoms in total. The van der Waals surface area contributed by atoms with E-state index in [-0.39, 0.29) is 11.2 Å². The third-order valence-electron chi connectivity index (χ3n) is 4.17. The Morgan fingerprint density at radius 1 is 1.19 bits per heavy atom. The van der Waals surface area contributed by atoms with Gasteiger partial charge in [-0.15, -0.1) is 11.3 Å². The maximum atomic E-state index is 13.1. The summed E-state index contributed by atoms with van der Waals surface area (Å²) in [6.07, 6.45) is 1.51. The topological polar surface area (TPSA) is 78.0 Å². The van der Waals surface area contributed by atoms with Crippen molar-refractivity contribution in [3.05, 3.63) is 91.3 Å². The number of hydrogen-bond donors (Lipinski definition) is 0. The molecule has 0 N–H and O–H groups in total. The normalized spacial score (nSPS) is 11.0. The summed E-state index contributed by atoms with van der Waals surface area (Å²) < 4.78 is 1.52. The average Bonchev–Trinajstić information content (AvgIpc) is 3.09. The van der Waals surface area contributed by atoms with Gasteiger partial charge in [0.1, 0.15) is 4.83 Å². The van der Waals surface area contributed by atoms with Crippen molar-refractivity contribution in [2.24, 2.45) is 0 Å². The van der Waals surface area contributed by atoms with Gasteiger partial charge in [-0.1, -0.05) is 35.9 Å². The Hall–Kier alpha value is -3.03. The summed E-state index contributed by atoms with van der Waals surface area (Å²) in [5, 5.41) is 13.9. The van der Waals surface area contributed by atoms with Crippen LogP contribution >= 0.6 is 22.9 Å². The molecule has 0 saturated heterocycles. The Morgan fingerprint density at radius 2 is 2.00 bits per heavy atom. The lowest BCUT2D eigenvalue weighted by atomic mass is 10.1. The molecule has 8 heteroatoms. The predicted molar refractivity (Wildman–Crippen MR) is 107 cm³/mol. The van der Waals surface area contributed by atoms with Crippen LogP contribution < -0.4 is 5.56 Å². The molecule has 0 saturated carbocycles. The van der Waals surface area contributed by atoms with Crippen molar-refractivity contribution in [2.75, 3.05) is 0 Å². The van der Waals surface area contributed by atoms with E-state index in [0.29, 0.717) is 32.9 Å². The third kappa shape index (κ3) is 3.34. The molecule has 0 aliphatic heterocycles. The van der Waals surface area contributed by atoms with Crippen LogP contribution in [0.3, 0.4) is 0 Å². The summed E-state index contributed by atoms with van der Waals surface area (Å²) >= 11 is 7.36. The van der Waals surface area contributed by atoms with E-state index < -0.39 is 4.92 Å². The van der Waals surface area contributed by atoms with Gasteiger partial charge in [-0.05, 0) is 23.3 Å². The van der Waals surface area contributed by atoms with E-state index >= 15 is 0 Å². The first-order chi connectivity index (χ1) is 13.0. The molecule has 2 aromatic carbocycles. The number of thiophene rings is 1. The Kier molecular flexibility index (Phi) is 4.47. The number of nitro groups is 1. The summed E-state index contributed by atoms with van der Waals surface area (Å²) in [6, 6.07) is 13.5. The molecule has 0 fully saturated rings. The highest BCUT2D eigenvalue weighted by atomic mass is 35.5. The number of nitrogens with zero attached hydrogens (tertiary/aromatic N) is 3. The highest BCUT2D eigenvalue weighted by Gasteiger charge is 2.15. The number of fused-ring (bicyclic) bond motifs is 1. The fourth-order valence-corrected chi connectivity index (χ4v) is 4.03. The molecule has 0 radical (unpaired) electrons. The Bertz CT molecular complexity index is 1230. The minimum Gasteiger partial charge on any atom is -0.294 e. The van der Waals surface area contributed by atoms with Crippen LogP contribution in [0.2, 0.25) is 5.02 Å². The number of nitro benzene ring substituents is 1. The van der Waals surface area contributed by atoms with Gasteiger partial charge in [0.25, 0.3) is 11.2 Å². The Labute approximate surface area is 162 Å². The maximum Gasteiger partial charge on any atom is 0.270 e. The molecule has 0 spiro atoms. The van der Waals surface area contributed by atoms with Crippen molar-refractivity contribution >= 4 is 38.8 Å². The average molecular weight is 398 g/mol. The molecule has 0 unspecified atom stereocenters. The van der Waals surface area contributed by atoms with Gasteiger partial charge < -0.3 is 0 Å². The van der Waals surface area contributed by atoms with Crippen LogP contribution in [0, 0.1) is 10.1 Å². The molecule has 134 valence electrons. The minimum absolute atomic E-state index is 0.0185. The molecule has 4 rings (SSSR count). The molecule has 4 aromatic rings. The van der Waals surface area contributed by atoms with E-state index in [4.69, 9.17) is 11.6 Å². The first-order valence-electron chi connectivity index (χ1n) is 7.99. The molecule has 2 heterocycles. The first kappa shape index (κ1) is 17.4. The smallest absolute Gasteiger partial charge is 0.270 e. The Morgan fingerprint density at radius 3 is 2.78 bits per heavy atom. The highest BCUT2D eigenvalue weighted by Crippen LogP contribution is 2.32. The van der Waals surface area contributed by atoms with E-state index in [0.717, 1.165) is 5.56 Å². The predicted octanol–water partition coefficient (Wildman–Crippen LogP) is 4.73. The third-order valence-corrected chi connectivity index (χ3v) is 5.29. The van der Waals surface area contributed by atoms with Gasteiger partial charge in [0.15, 0.2) is 0 Å². The maximum absolute atomic E-state index is 13.1. The summed E-state index contributed by atoms with van der Waals surface area (Å²) in [4.78, 5) is 28.6. The SMILES string of the molecule is O=c1c2c(-c3cccc([N+](=O)[O-])c3)csc2ncn1Cc1cccc(Cl)c1. The van der Waals surface area contributed by atoms with Crippen LogP contribution in [0.4, 0.5) is 5.69 Å². The van der Waals surface area contributed by atoms with Gasteiger partial charge in [-0.2, -0.15) is 0 Å². The van der Waals surface area contributed by atoms with Crippen LogP contribution in [-0.2, 0) is 6.54 Å². The number of benzene rings is 2. The zero-order valence-corrected chi connectivity index (χ0v) is 15.4. The molecular weight excluding hydrogens is 386 g/mol.